The van der Waals surface area contributed by atoms with Crippen molar-refractivity contribution in [1.29, 1.82) is 0 Å². The molecule has 96 valence electrons. The van der Waals surface area contributed by atoms with E-state index in [9.17, 15) is 13.0 Å². The van der Waals surface area contributed by atoms with Gasteiger partial charge in [0.25, 0.3) is 0 Å². The molecule has 3 N–H and O–H groups in total. The van der Waals surface area contributed by atoms with Gasteiger partial charge in [0.05, 0.1) is 12.3 Å². The van der Waals surface area contributed by atoms with Crippen molar-refractivity contribution in [2.45, 2.75) is 31.7 Å². The molecule has 0 saturated heterocycles. The lowest BCUT2D eigenvalue weighted by molar-refractivity contribution is 0.118. The maximum absolute atomic E-state index is 11.5. The zero-order valence-electron chi connectivity index (χ0n) is 9.61. The van der Waals surface area contributed by atoms with Gasteiger partial charge >= 0.3 is 10.1 Å². The third kappa shape index (κ3) is 2.18. The van der Waals surface area contributed by atoms with Crippen molar-refractivity contribution < 1.29 is 13.0 Å². The van der Waals surface area contributed by atoms with Gasteiger partial charge in [0.1, 0.15) is 0 Å². The van der Waals surface area contributed by atoms with Gasteiger partial charge in [-0.25, -0.2) is 0 Å². The average Bonchev–Trinajstić information content (AvgIpc) is 2.77. The van der Waals surface area contributed by atoms with Gasteiger partial charge in [-0.1, -0.05) is 0 Å². The van der Waals surface area contributed by atoms with E-state index in [1.807, 2.05) is 13.8 Å². The van der Waals surface area contributed by atoms with Gasteiger partial charge in [-0.05, 0) is 13.8 Å². The molecule has 2 aliphatic heterocycles. The lowest BCUT2D eigenvalue weighted by Gasteiger charge is -2.37. The highest BCUT2D eigenvalue weighted by Crippen LogP contribution is 2.21. The second-order valence-electron chi connectivity index (χ2n) is 4.05. The fourth-order valence-corrected chi connectivity index (χ4v) is 3.08. The van der Waals surface area contributed by atoms with E-state index in [1.165, 1.54) is 0 Å². The van der Waals surface area contributed by atoms with Crippen LogP contribution in [0.15, 0.2) is 24.8 Å². The fourth-order valence-electron chi connectivity index (χ4n) is 1.96. The summed E-state index contributed by atoms with van der Waals surface area (Å²) in [7, 11) is -4.23. The van der Waals surface area contributed by atoms with Crippen LogP contribution in [0.2, 0.25) is 0 Å². The van der Waals surface area contributed by atoms with E-state index in [1.54, 1.807) is 34.6 Å². The monoisotopic (exact) mass is 260 g/mol. The summed E-state index contributed by atoms with van der Waals surface area (Å²) in [4.78, 5) is 3.09. The summed E-state index contributed by atoms with van der Waals surface area (Å²) < 4.78 is 32.5. The lowest BCUT2D eigenvalue weighted by atomic mass is 10.5. The van der Waals surface area contributed by atoms with Gasteiger partial charge in [0.15, 0.2) is 0 Å². The zero-order chi connectivity index (χ0) is 12.6. The zero-order valence-corrected chi connectivity index (χ0v) is 10.4. The van der Waals surface area contributed by atoms with E-state index in [0.29, 0.717) is 0 Å². The van der Waals surface area contributed by atoms with E-state index in [0.717, 1.165) is 0 Å². The van der Waals surface area contributed by atoms with Crippen molar-refractivity contribution in [3.63, 3.8) is 0 Å². The third-order valence-electron chi connectivity index (χ3n) is 2.84. The molecule has 0 bridgehead atoms. The number of nitrogens with zero attached hydrogens (tertiary/aromatic N) is 2. The first-order valence-electron chi connectivity index (χ1n) is 5.28. The minimum absolute atomic E-state index is 0.192. The summed E-state index contributed by atoms with van der Waals surface area (Å²) in [5.41, 5.74) is -1.13. The van der Waals surface area contributed by atoms with Crippen LogP contribution in [-0.2, 0) is 10.1 Å². The molecule has 1 unspecified atom stereocenters. The van der Waals surface area contributed by atoms with Crippen LogP contribution in [0.4, 0.5) is 0 Å². The summed E-state index contributed by atoms with van der Waals surface area (Å²) in [5.74, 6) is 0. The summed E-state index contributed by atoms with van der Waals surface area (Å²) >= 11 is 0. The molecule has 0 radical (unpaired) electrons. The molecule has 0 aromatic carbocycles. The fraction of sp³-hybridized carbons (Fsp3) is 0.556. The summed E-state index contributed by atoms with van der Waals surface area (Å²) in [6, 6.07) is 0. The molecular weight excluding hydrogens is 244 g/mol. The average molecular weight is 260 g/mol. The first kappa shape index (κ1) is 12.1. The van der Waals surface area contributed by atoms with Crippen molar-refractivity contribution in [3.05, 3.63) is 24.8 Å². The topological polar surface area (TPSA) is 84.9 Å². The largest absolute Gasteiger partial charge is 0.370 e. The van der Waals surface area contributed by atoms with Crippen molar-refractivity contribution in [1.82, 2.24) is 20.4 Å². The SMILES string of the molecule is C[C@@H]1NC=CN1C(N1C=CN[C@@H]1C)S(=O)(=O)O. The molecule has 2 aliphatic rings. The number of rotatable bonds is 3. The van der Waals surface area contributed by atoms with E-state index in [4.69, 9.17) is 0 Å². The van der Waals surface area contributed by atoms with Crippen molar-refractivity contribution >= 4 is 10.1 Å². The predicted octanol–water partition coefficient (Wildman–Crippen LogP) is -0.397. The lowest BCUT2D eigenvalue weighted by Crippen LogP contribution is -2.55. The molecule has 0 aromatic heterocycles. The minimum atomic E-state index is -4.23. The Hall–Kier alpha value is -1.41. The Morgan fingerprint density at radius 2 is 1.53 bits per heavy atom. The second-order valence-corrected chi connectivity index (χ2v) is 5.50. The Morgan fingerprint density at radius 1 is 1.12 bits per heavy atom. The van der Waals surface area contributed by atoms with Crippen molar-refractivity contribution in [2.75, 3.05) is 0 Å². The highest BCUT2D eigenvalue weighted by Gasteiger charge is 2.39. The molecule has 8 heteroatoms. The summed E-state index contributed by atoms with van der Waals surface area (Å²) in [6.45, 7) is 3.63. The Morgan fingerprint density at radius 3 is 1.76 bits per heavy atom. The van der Waals surface area contributed by atoms with E-state index >= 15 is 0 Å². The van der Waals surface area contributed by atoms with Crippen LogP contribution in [0.3, 0.4) is 0 Å². The number of nitrogens with one attached hydrogen (secondary N) is 2. The van der Waals surface area contributed by atoms with Crippen LogP contribution in [-0.4, -0.2) is 40.6 Å². The first-order valence-corrected chi connectivity index (χ1v) is 6.78. The third-order valence-corrected chi connectivity index (χ3v) is 3.86. The standard InChI is InChI=1S/C9H16N4O3S/c1-7-10-3-5-12(7)9(17(14,15)16)13-6-4-11-8(13)2/h3-11H,1-2H3,(H,14,15,16)/t7-,8+,9?. The Labute approximate surface area is 101 Å². The molecule has 17 heavy (non-hydrogen) atoms. The second kappa shape index (κ2) is 4.11. The minimum Gasteiger partial charge on any atom is -0.370 e. The van der Waals surface area contributed by atoms with Crippen LogP contribution in [0.1, 0.15) is 13.8 Å². The summed E-state index contributed by atoms with van der Waals surface area (Å²) in [5, 5.41) is 5.92. The van der Waals surface area contributed by atoms with E-state index in [2.05, 4.69) is 10.6 Å². The van der Waals surface area contributed by atoms with Gasteiger partial charge < -0.3 is 20.4 Å². The van der Waals surface area contributed by atoms with Crippen LogP contribution in [0, 0.1) is 0 Å². The molecule has 2 rings (SSSR count). The van der Waals surface area contributed by atoms with Crippen LogP contribution in [0.5, 0.6) is 0 Å². The number of hydrogen-bond donors (Lipinski definition) is 3. The van der Waals surface area contributed by atoms with Gasteiger partial charge in [0, 0.05) is 24.8 Å². The molecule has 2 heterocycles. The molecule has 0 aliphatic carbocycles. The van der Waals surface area contributed by atoms with Crippen LogP contribution >= 0.6 is 0 Å². The maximum atomic E-state index is 11.5. The molecule has 3 atom stereocenters. The van der Waals surface area contributed by atoms with Gasteiger partial charge in [-0.3, -0.25) is 4.55 Å². The predicted molar refractivity (Wildman–Crippen MR) is 62.5 cm³/mol. The maximum Gasteiger partial charge on any atom is 0.306 e. The highest BCUT2D eigenvalue weighted by atomic mass is 32.2. The van der Waals surface area contributed by atoms with Gasteiger partial charge in [-0.15, -0.1) is 0 Å². The molecule has 0 aromatic rings. The van der Waals surface area contributed by atoms with Crippen LogP contribution < -0.4 is 10.6 Å². The smallest absolute Gasteiger partial charge is 0.306 e. The molecular formula is C9H16N4O3S. The Balaban J connectivity index is 2.32. The number of hydrogen-bond acceptors (Lipinski definition) is 6. The molecule has 0 amide bonds. The van der Waals surface area contributed by atoms with Crippen molar-refractivity contribution in [3.8, 4) is 0 Å². The normalized spacial score (nSPS) is 29.4. The van der Waals surface area contributed by atoms with E-state index < -0.39 is 15.6 Å². The van der Waals surface area contributed by atoms with Crippen molar-refractivity contribution in [2.24, 2.45) is 0 Å². The molecule has 0 fully saturated rings. The van der Waals surface area contributed by atoms with Gasteiger partial charge in [0.2, 0.25) is 5.50 Å². The quantitative estimate of drug-likeness (QED) is 0.595. The summed E-state index contributed by atoms with van der Waals surface area (Å²) in [6.07, 6.45) is 6.15. The molecule has 0 spiro atoms. The molecule has 7 nitrogen and oxygen atoms in total. The Kier molecular flexibility index (Phi) is 2.92. The first-order chi connectivity index (χ1) is 7.91. The highest BCUT2D eigenvalue weighted by molar-refractivity contribution is 7.86. The van der Waals surface area contributed by atoms with Gasteiger partial charge in [-0.2, -0.15) is 8.42 Å². The van der Waals surface area contributed by atoms with E-state index in [-0.39, 0.29) is 12.3 Å². The van der Waals surface area contributed by atoms with Crippen LogP contribution in [0.25, 0.3) is 0 Å². The Bertz CT molecular complexity index is 421. The molecule has 0 saturated carbocycles.